The first-order chi connectivity index (χ1) is 5.35. The smallest absolute Gasteiger partial charge is 0.123 e. The molecule has 2 rings (SSSR count). The predicted octanol–water partition coefficient (Wildman–Crippen LogP) is 1.37. The van der Waals surface area contributed by atoms with Crippen molar-refractivity contribution >= 4 is 6.29 Å². The fraction of sp³-hybridized carbons (Fsp3) is 0.778. The van der Waals surface area contributed by atoms with Crippen LogP contribution in [0.25, 0.3) is 0 Å². The molecule has 0 amide bonds. The highest BCUT2D eigenvalue weighted by atomic mass is 16.1. The molecule has 0 aromatic heterocycles. The van der Waals surface area contributed by atoms with E-state index in [-0.39, 0.29) is 11.8 Å². The van der Waals surface area contributed by atoms with Crippen LogP contribution < -0.4 is 0 Å². The van der Waals surface area contributed by atoms with E-state index in [2.05, 4.69) is 6.07 Å². The fourth-order valence-corrected chi connectivity index (χ4v) is 2.71. The highest BCUT2D eigenvalue weighted by Crippen LogP contribution is 2.50. The Bertz CT molecular complexity index is 218. The third kappa shape index (κ3) is 0.875. The Balaban J connectivity index is 2.15. The monoisotopic (exact) mass is 149 g/mol. The Hall–Kier alpha value is -0.840. The Morgan fingerprint density at radius 1 is 1.36 bits per heavy atom. The third-order valence-corrected chi connectivity index (χ3v) is 3.21. The first-order valence-electron chi connectivity index (χ1n) is 4.20. The summed E-state index contributed by atoms with van der Waals surface area (Å²) < 4.78 is 0. The number of fused-ring (bicyclic) bond motifs is 2. The molecule has 0 aliphatic heterocycles. The van der Waals surface area contributed by atoms with Crippen molar-refractivity contribution in [2.75, 3.05) is 0 Å². The molecule has 0 unspecified atom stereocenters. The maximum atomic E-state index is 10.5. The van der Waals surface area contributed by atoms with Crippen molar-refractivity contribution in [3.63, 3.8) is 0 Å². The Morgan fingerprint density at radius 2 is 2.18 bits per heavy atom. The van der Waals surface area contributed by atoms with Crippen molar-refractivity contribution in [2.24, 2.45) is 23.7 Å². The lowest BCUT2D eigenvalue weighted by atomic mass is 9.82. The van der Waals surface area contributed by atoms with E-state index >= 15 is 0 Å². The van der Waals surface area contributed by atoms with Gasteiger partial charge in [-0.15, -0.1) is 0 Å². The summed E-state index contributed by atoms with van der Waals surface area (Å²) in [5.41, 5.74) is 0. The van der Waals surface area contributed by atoms with Crippen LogP contribution in [0.1, 0.15) is 19.3 Å². The maximum absolute atomic E-state index is 10.5. The van der Waals surface area contributed by atoms with Gasteiger partial charge in [-0.2, -0.15) is 5.26 Å². The van der Waals surface area contributed by atoms with Crippen molar-refractivity contribution < 1.29 is 4.79 Å². The van der Waals surface area contributed by atoms with Gasteiger partial charge in [-0.3, -0.25) is 0 Å². The molecule has 2 aliphatic carbocycles. The molecule has 2 bridgehead atoms. The van der Waals surface area contributed by atoms with Crippen molar-refractivity contribution in [1.29, 1.82) is 5.26 Å². The number of carbonyl (C=O) groups excluding carboxylic acids is 1. The predicted molar refractivity (Wildman–Crippen MR) is 39.5 cm³/mol. The zero-order valence-electron chi connectivity index (χ0n) is 6.36. The highest BCUT2D eigenvalue weighted by Gasteiger charge is 2.45. The van der Waals surface area contributed by atoms with E-state index in [4.69, 9.17) is 5.26 Å². The molecule has 0 radical (unpaired) electrons. The second-order valence-electron chi connectivity index (χ2n) is 3.77. The molecule has 0 aromatic carbocycles. The molecule has 0 aromatic rings. The van der Waals surface area contributed by atoms with E-state index in [1.807, 2.05) is 0 Å². The second kappa shape index (κ2) is 2.34. The average Bonchev–Trinajstić information content (AvgIpc) is 2.60. The topological polar surface area (TPSA) is 40.9 Å². The maximum Gasteiger partial charge on any atom is 0.123 e. The lowest BCUT2D eigenvalue weighted by Crippen LogP contribution is -2.19. The van der Waals surface area contributed by atoms with Crippen LogP contribution in [0.5, 0.6) is 0 Å². The summed E-state index contributed by atoms with van der Waals surface area (Å²) in [5.74, 6) is 1.48. The van der Waals surface area contributed by atoms with Crippen LogP contribution in [-0.4, -0.2) is 6.29 Å². The summed E-state index contributed by atoms with van der Waals surface area (Å²) in [4.78, 5) is 10.5. The molecule has 2 saturated carbocycles. The molecule has 11 heavy (non-hydrogen) atoms. The van der Waals surface area contributed by atoms with Crippen LogP contribution in [0.3, 0.4) is 0 Å². The summed E-state index contributed by atoms with van der Waals surface area (Å²) in [6, 6.07) is 2.30. The molecule has 2 aliphatic rings. The van der Waals surface area contributed by atoms with Crippen LogP contribution in [0.2, 0.25) is 0 Å². The second-order valence-corrected chi connectivity index (χ2v) is 3.77. The molecular weight excluding hydrogens is 138 g/mol. The Kier molecular flexibility index (Phi) is 1.45. The summed E-state index contributed by atoms with van der Waals surface area (Å²) in [7, 11) is 0. The minimum absolute atomic E-state index is 0.184. The van der Waals surface area contributed by atoms with Crippen LogP contribution in [0, 0.1) is 35.0 Å². The van der Waals surface area contributed by atoms with Gasteiger partial charge in [-0.05, 0) is 31.1 Å². The fourth-order valence-electron chi connectivity index (χ4n) is 2.71. The molecule has 0 saturated heterocycles. The van der Waals surface area contributed by atoms with Gasteiger partial charge < -0.3 is 4.79 Å². The van der Waals surface area contributed by atoms with E-state index in [0.29, 0.717) is 11.8 Å². The minimum atomic E-state index is 0.184. The van der Waals surface area contributed by atoms with E-state index in [9.17, 15) is 4.79 Å². The number of rotatable bonds is 1. The summed E-state index contributed by atoms with van der Waals surface area (Å²) in [6.45, 7) is 0. The van der Waals surface area contributed by atoms with Gasteiger partial charge in [0.25, 0.3) is 0 Å². The molecule has 58 valence electrons. The summed E-state index contributed by atoms with van der Waals surface area (Å²) in [6.07, 6.45) is 4.27. The number of nitriles is 1. The van der Waals surface area contributed by atoms with Gasteiger partial charge in [0.05, 0.1) is 12.0 Å². The first-order valence-corrected chi connectivity index (χ1v) is 4.20. The average molecular weight is 149 g/mol. The zero-order chi connectivity index (χ0) is 7.84. The Labute approximate surface area is 66.2 Å². The number of carbonyl (C=O) groups is 1. The van der Waals surface area contributed by atoms with E-state index in [1.165, 1.54) is 0 Å². The summed E-state index contributed by atoms with van der Waals surface area (Å²) in [5, 5.41) is 8.74. The number of nitrogens with zero attached hydrogens (tertiary/aromatic N) is 1. The largest absolute Gasteiger partial charge is 0.303 e. The quantitative estimate of drug-likeness (QED) is 0.528. The molecule has 0 spiro atoms. The van der Waals surface area contributed by atoms with Gasteiger partial charge in [0.2, 0.25) is 0 Å². The van der Waals surface area contributed by atoms with Gasteiger partial charge in [0.1, 0.15) is 6.29 Å². The molecule has 2 nitrogen and oxygen atoms in total. The van der Waals surface area contributed by atoms with Gasteiger partial charge in [0, 0.05) is 5.92 Å². The van der Waals surface area contributed by atoms with E-state index in [0.717, 1.165) is 25.5 Å². The molecule has 0 heterocycles. The summed E-state index contributed by atoms with van der Waals surface area (Å²) >= 11 is 0. The van der Waals surface area contributed by atoms with Gasteiger partial charge >= 0.3 is 0 Å². The van der Waals surface area contributed by atoms with Crippen LogP contribution in [0.4, 0.5) is 0 Å². The number of hydrogen-bond acceptors (Lipinski definition) is 2. The normalized spacial score (nSPS) is 47.2. The van der Waals surface area contributed by atoms with Crippen molar-refractivity contribution in [3.8, 4) is 6.07 Å². The molecule has 2 fully saturated rings. The van der Waals surface area contributed by atoms with Gasteiger partial charge in [0.15, 0.2) is 0 Å². The molecule has 2 heteroatoms. The number of aldehydes is 1. The van der Waals surface area contributed by atoms with Crippen LogP contribution in [0.15, 0.2) is 0 Å². The third-order valence-electron chi connectivity index (χ3n) is 3.21. The van der Waals surface area contributed by atoms with Crippen LogP contribution >= 0.6 is 0 Å². The highest BCUT2D eigenvalue weighted by molar-refractivity contribution is 5.55. The standard InChI is InChI=1S/C9H11NO/c10-4-7-1-6-2-8(5-11)9(7)3-6/h5-9H,1-3H2/t6-,7-,8-,9-/m0/s1. The lowest BCUT2D eigenvalue weighted by molar-refractivity contribution is -0.112. The van der Waals surface area contributed by atoms with Gasteiger partial charge in [-0.1, -0.05) is 0 Å². The number of hydrogen-bond donors (Lipinski definition) is 0. The molecule has 4 atom stereocenters. The molecule has 0 N–H and O–H groups in total. The van der Waals surface area contributed by atoms with Crippen molar-refractivity contribution in [1.82, 2.24) is 0 Å². The minimum Gasteiger partial charge on any atom is -0.303 e. The SMILES string of the molecule is N#C[C@@H]1C[C@@H]2C[C@@H]1[C@H](C=O)C2. The van der Waals surface area contributed by atoms with E-state index < -0.39 is 0 Å². The Morgan fingerprint density at radius 3 is 2.73 bits per heavy atom. The first kappa shape index (κ1) is 6.84. The van der Waals surface area contributed by atoms with E-state index in [1.54, 1.807) is 0 Å². The zero-order valence-corrected chi connectivity index (χ0v) is 6.36. The van der Waals surface area contributed by atoms with Crippen molar-refractivity contribution in [2.45, 2.75) is 19.3 Å². The van der Waals surface area contributed by atoms with Crippen molar-refractivity contribution in [3.05, 3.63) is 0 Å². The molecular formula is C9H11NO. The lowest BCUT2D eigenvalue weighted by Gasteiger charge is -2.19. The van der Waals surface area contributed by atoms with Gasteiger partial charge in [-0.25, -0.2) is 0 Å². The van der Waals surface area contributed by atoms with Crippen LogP contribution in [-0.2, 0) is 4.79 Å².